The maximum atomic E-state index is 7.64. The van der Waals surface area contributed by atoms with Gasteiger partial charge in [-0.2, -0.15) is 0 Å². The molecule has 57 heavy (non-hydrogen) atoms. The number of para-hydroxylation sites is 3. The van der Waals surface area contributed by atoms with E-state index >= 15 is 0 Å². The first kappa shape index (κ1) is 36.0. The van der Waals surface area contributed by atoms with E-state index in [0.29, 0.717) is 23.1 Å². The number of imidazole rings is 1. The van der Waals surface area contributed by atoms with Crippen LogP contribution in [0.5, 0.6) is 0 Å². The molecule has 0 bridgehead atoms. The third-order valence-corrected chi connectivity index (χ3v) is 12.3. The minimum absolute atomic E-state index is 0. The zero-order valence-electron chi connectivity index (χ0n) is 36.4. The van der Waals surface area contributed by atoms with Gasteiger partial charge in [0.2, 0.25) is 0 Å². The van der Waals surface area contributed by atoms with Gasteiger partial charge >= 0.3 is 0 Å². The van der Waals surface area contributed by atoms with Crippen LogP contribution in [0.25, 0.3) is 72.4 Å². The fourth-order valence-corrected chi connectivity index (χ4v) is 8.30. The number of furan rings is 1. The molecule has 3 heterocycles. The molecule has 6 aromatic carbocycles. The smallest absolute Gasteiger partial charge is 0.120 e. The second kappa shape index (κ2) is 16.6. The summed E-state index contributed by atoms with van der Waals surface area (Å²) in [5.74, 6) is 1.52. The maximum Gasteiger partial charge on any atom is 0.120 e. The van der Waals surface area contributed by atoms with Crippen LogP contribution in [0.15, 0.2) is 150 Å². The van der Waals surface area contributed by atoms with Gasteiger partial charge in [-0.1, -0.05) is 126 Å². The molecule has 0 unspecified atom stereocenters. The summed E-state index contributed by atoms with van der Waals surface area (Å²) in [5, 5.41) is 3.45. The van der Waals surface area contributed by atoms with Crippen LogP contribution in [0, 0.1) is 12.1 Å². The van der Waals surface area contributed by atoms with E-state index in [1.54, 1.807) is 0 Å². The van der Waals surface area contributed by atoms with Crippen LogP contribution < -0.4 is 5.19 Å². The van der Waals surface area contributed by atoms with Crippen molar-refractivity contribution in [2.75, 3.05) is 0 Å². The molecule has 9 rings (SSSR count). The van der Waals surface area contributed by atoms with Gasteiger partial charge in [0.25, 0.3) is 0 Å². The van der Waals surface area contributed by atoms with E-state index in [4.69, 9.17) is 13.5 Å². The predicted octanol–water partition coefficient (Wildman–Crippen LogP) is 13.4. The molecule has 9 aromatic rings. The summed E-state index contributed by atoms with van der Waals surface area (Å²) in [4.78, 5) is 9.62. The van der Waals surface area contributed by atoms with Crippen LogP contribution in [-0.4, -0.2) is 22.6 Å². The number of hydrogen-bond acceptors (Lipinski definition) is 3. The van der Waals surface area contributed by atoms with Crippen molar-refractivity contribution < 1.29 is 28.6 Å². The molecule has 0 N–H and O–H groups in total. The van der Waals surface area contributed by atoms with Gasteiger partial charge in [-0.3, -0.25) is 4.98 Å². The maximum absolute atomic E-state index is 7.64. The Bertz CT molecular complexity index is 2920. The Hall–Kier alpha value is -5.39. The molecule has 0 aliphatic carbocycles. The van der Waals surface area contributed by atoms with Gasteiger partial charge in [0.05, 0.1) is 30.5 Å². The molecule has 0 saturated carbocycles. The molecule has 0 fully saturated rings. The Kier molecular flexibility index (Phi) is 10.5. The SMILES string of the molecule is CC(C)c1cc(-c2ccccc2)cc(C(C)C)c1-n1c(-c2[c-]cc3oc4ccccc4c3c2)nc2ccccc21.[2H]c1[c-]c(-c2ccc([Si](C)(C)C)cn2)cc([2H])c1[2H].[Ir]. The predicted molar refractivity (Wildman–Crippen MR) is 238 cm³/mol. The number of rotatable bonds is 7. The fourth-order valence-electron chi connectivity index (χ4n) is 7.26. The first-order valence-corrected chi connectivity index (χ1v) is 22.8. The van der Waals surface area contributed by atoms with E-state index in [0.717, 1.165) is 44.4 Å². The summed E-state index contributed by atoms with van der Waals surface area (Å²) in [6.07, 6.45) is 1.87. The monoisotopic (exact) mass is 941 g/mol. The number of pyridine rings is 1. The van der Waals surface area contributed by atoms with E-state index < -0.39 is 8.07 Å². The van der Waals surface area contributed by atoms with Crippen molar-refractivity contribution in [2.45, 2.75) is 59.2 Å². The minimum atomic E-state index is -1.36. The molecule has 0 amide bonds. The summed E-state index contributed by atoms with van der Waals surface area (Å²) in [7, 11) is -1.36. The first-order chi connectivity index (χ1) is 28.3. The molecule has 4 nitrogen and oxygen atoms in total. The molecule has 0 spiro atoms. The molecular formula is C51H47IrN3OSi-2. The Labute approximate surface area is 355 Å². The zero-order chi connectivity index (χ0) is 41.6. The Balaban J connectivity index is 0.000000230. The van der Waals surface area contributed by atoms with Crippen LogP contribution in [0.1, 0.15) is 54.8 Å². The number of aromatic nitrogens is 3. The van der Waals surface area contributed by atoms with Crippen LogP contribution >= 0.6 is 0 Å². The van der Waals surface area contributed by atoms with Gasteiger partial charge in [-0.15, -0.1) is 59.6 Å². The topological polar surface area (TPSA) is 43.9 Å². The molecule has 0 aliphatic heterocycles. The number of nitrogens with zero attached hydrogens (tertiary/aromatic N) is 3. The van der Waals surface area contributed by atoms with Crippen LogP contribution in [-0.2, 0) is 20.1 Å². The summed E-state index contributed by atoms with van der Waals surface area (Å²) < 4.78 is 31.2. The number of benzene rings is 6. The van der Waals surface area contributed by atoms with Crippen molar-refractivity contribution >= 4 is 46.2 Å². The van der Waals surface area contributed by atoms with E-state index in [-0.39, 0.29) is 38.2 Å². The van der Waals surface area contributed by atoms with Crippen molar-refractivity contribution in [3.05, 3.63) is 169 Å². The van der Waals surface area contributed by atoms with E-state index in [9.17, 15) is 0 Å². The Morgan fingerprint density at radius 3 is 2.07 bits per heavy atom. The molecule has 287 valence electrons. The average Bonchev–Trinajstić information content (AvgIpc) is 3.81. The van der Waals surface area contributed by atoms with E-state index in [1.165, 1.54) is 39.2 Å². The van der Waals surface area contributed by atoms with Gasteiger partial charge < -0.3 is 14.0 Å². The summed E-state index contributed by atoms with van der Waals surface area (Å²) >= 11 is 0. The van der Waals surface area contributed by atoms with Crippen molar-refractivity contribution in [3.8, 4) is 39.5 Å². The molecule has 6 heteroatoms. The fraction of sp³-hybridized carbons (Fsp3) is 0.176. The van der Waals surface area contributed by atoms with Gasteiger partial charge in [0.15, 0.2) is 0 Å². The van der Waals surface area contributed by atoms with E-state index in [1.807, 2.05) is 30.5 Å². The number of fused-ring (bicyclic) bond motifs is 4. The van der Waals surface area contributed by atoms with Gasteiger partial charge in [-0.25, -0.2) is 0 Å². The molecule has 0 atom stereocenters. The van der Waals surface area contributed by atoms with Gasteiger partial charge in [0, 0.05) is 40.1 Å². The van der Waals surface area contributed by atoms with Crippen LogP contribution in [0.4, 0.5) is 0 Å². The first-order valence-electron chi connectivity index (χ1n) is 20.8. The molecule has 3 aromatic heterocycles. The van der Waals surface area contributed by atoms with Gasteiger partial charge in [0.1, 0.15) is 5.58 Å². The van der Waals surface area contributed by atoms with Gasteiger partial charge in [-0.05, 0) is 76.7 Å². The number of hydrogen-bond donors (Lipinski definition) is 0. The third-order valence-electron chi connectivity index (χ3n) is 10.3. The summed E-state index contributed by atoms with van der Waals surface area (Å²) in [5.41, 5.74) is 12.4. The van der Waals surface area contributed by atoms with Crippen molar-refractivity contribution in [1.29, 1.82) is 0 Å². The standard InChI is InChI=1S/C37H31N2O.C14H16NSi.Ir/c1-23(2)29-21-27(25-12-6-5-7-13-25)22-30(24(3)4)36(29)39-33-16-10-9-15-32(33)38-37(39)26-18-19-35-31(20-26)28-14-8-11-17-34(28)40-35;1-16(2,3)13-9-10-14(15-11-13)12-7-5-4-6-8-12;/h5-17,19-24H,1-4H3;4-7,9-11H,1-3H3;/q2*-1;/i;4D,5D,6D;. The summed E-state index contributed by atoms with van der Waals surface area (Å²) in [6, 6.07) is 47.9. The normalized spacial score (nSPS) is 12.3. The second-order valence-corrected chi connectivity index (χ2v) is 21.0. The van der Waals surface area contributed by atoms with Crippen molar-refractivity contribution in [3.63, 3.8) is 0 Å². The Morgan fingerprint density at radius 1 is 0.684 bits per heavy atom. The van der Waals surface area contributed by atoms with Crippen molar-refractivity contribution in [1.82, 2.24) is 14.5 Å². The largest absolute Gasteiger partial charge is 0.500 e. The second-order valence-electron chi connectivity index (χ2n) is 15.9. The third kappa shape index (κ3) is 8.08. The Morgan fingerprint density at radius 2 is 1.39 bits per heavy atom. The zero-order valence-corrected chi connectivity index (χ0v) is 36.8. The molecule has 1 radical (unpaired) electrons. The molecule has 0 saturated heterocycles. The van der Waals surface area contributed by atoms with Crippen LogP contribution in [0.3, 0.4) is 0 Å². The average molecular weight is 941 g/mol. The van der Waals surface area contributed by atoms with Crippen molar-refractivity contribution in [2.24, 2.45) is 0 Å². The summed E-state index contributed by atoms with van der Waals surface area (Å²) in [6.45, 7) is 15.9. The quantitative estimate of drug-likeness (QED) is 0.118. The molecule has 0 aliphatic rings. The minimum Gasteiger partial charge on any atom is -0.500 e. The molecular weight excluding hydrogens is 891 g/mol. The van der Waals surface area contributed by atoms with E-state index in [2.05, 4.69) is 160 Å². The van der Waals surface area contributed by atoms with Crippen LogP contribution in [0.2, 0.25) is 19.6 Å².